The van der Waals surface area contributed by atoms with Crippen LogP contribution >= 0.6 is 0 Å². The molecule has 36 heavy (non-hydrogen) atoms. The third-order valence-corrected chi connectivity index (χ3v) is 6.43. The summed E-state index contributed by atoms with van der Waals surface area (Å²) < 4.78 is 5.57. The van der Waals surface area contributed by atoms with Gasteiger partial charge in [0.25, 0.3) is 0 Å². The fourth-order valence-corrected chi connectivity index (χ4v) is 4.61. The lowest BCUT2D eigenvalue weighted by molar-refractivity contribution is -0.149. The fraction of sp³-hybridized carbons (Fsp3) is 0.276. The zero-order chi connectivity index (χ0) is 25.7. The van der Waals surface area contributed by atoms with Crippen molar-refractivity contribution in [2.24, 2.45) is 5.41 Å². The molecular weight excluding hydrogens is 456 g/mol. The van der Waals surface area contributed by atoms with Crippen molar-refractivity contribution in [2.45, 2.75) is 26.3 Å². The van der Waals surface area contributed by atoms with Gasteiger partial charge in [-0.05, 0) is 41.7 Å². The summed E-state index contributed by atoms with van der Waals surface area (Å²) in [6, 6.07) is 25.4. The molecule has 0 saturated heterocycles. The number of carbonyl (C=O) groups excluding carboxylic acids is 2. The highest BCUT2D eigenvalue weighted by atomic mass is 16.5. The number of aliphatic carboxylic acids is 1. The molecule has 0 spiro atoms. The molecule has 7 heteroatoms. The van der Waals surface area contributed by atoms with Crippen molar-refractivity contribution in [1.29, 1.82) is 0 Å². The number of rotatable bonds is 9. The van der Waals surface area contributed by atoms with Crippen LogP contribution in [0.4, 0.5) is 4.79 Å². The summed E-state index contributed by atoms with van der Waals surface area (Å²) in [7, 11) is 0. The highest BCUT2D eigenvalue weighted by Gasteiger charge is 2.34. The minimum Gasteiger partial charge on any atom is -0.480 e. The van der Waals surface area contributed by atoms with Crippen molar-refractivity contribution in [3.05, 3.63) is 95.6 Å². The molecule has 0 fully saturated rings. The second-order valence-corrected chi connectivity index (χ2v) is 9.60. The van der Waals surface area contributed by atoms with E-state index in [0.29, 0.717) is 0 Å². The van der Waals surface area contributed by atoms with Gasteiger partial charge in [-0.25, -0.2) is 4.79 Å². The van der Waals surface area contributed by atoms with Crippen LogP contribution in [0.1, 0.15) is 36.5 Å². The quantitative estimate of drug-likeness (QED) is 0.458. The number of carbonyl (C=O) groups is 3. The van der Waals surface area contributed by atoms with E-state index < -0.39 is 24.0 Å². The Labute approximate surface area is 210 Å². The lowest BCUT2D eigenvalue weighted by atomic mass is 9.91. The van der Waals surface area contributed by atoms with Gasteiger partial charge in [-0.2, -0.15) is 0 Å². The Morgan fingerprint density at radius 2 is 1.44 bits per heavy atom. The van der Waals surface area contributed by atoms with Gasteiger partial charge in [-0.15, -0.1) is 0 Å². The van der Waals surface area contributed by atoms with Gasteiger partial charge in [0.15, 0.2) is 0 Å². The summed E-state index contributed by atoms with van der Waals surface area (Å²) in [6.45, 7) is 3.28. The number of carboxylic acids is 1. The van der Waals surface area contributed by atoms with E-state index in [-0.39, 0.29) is 31.5 Å². The second-order valence-electron chi connectivity index (χ2n) is 9.60. The van der Waals surface area contributed by atoms with Crippen molar-refractivity contribution in [1.82, 2.24) is 10.2 Å². The highest BCUT2D eigenvalue weighted by Crippen LogP contribution is 2.44. The Morgan fingerprint density at radius 1 is 0.889 bits per heavy atom. The van der Waals surface area contributed by atoms with Gasteiger partial charge < -0.3 is 20.1 Å². The van der Waals surface area contributed by atoms with Gasteiger partial charge in [0, 0.05) is 19.0 Å². The zero-order valence-electron chi connectivity index (χ0n) is 20.4. The first-order chi connectivity index (χ1) is 17.3. The second kappa shape index (κ2) is 10.6. The predicted octanol–water partition coefficient (Wildman–Crippen LogP) is 4.66. The molecule has 0 unspecified atom stereocenters. The molecule has 0 aromatic heterocycles. The molecular formula is C29H30N2O5. The van der Waals surface area contributed by atoms with Crippen molar-refractivity contribution in [2.75, 3.05) is 19.7 Å². The van der Waals surface area contributed by atoms with Gasteiger partial charge in [-0.3, -0.25) is 9.59 Å². The molecule has 0 bridgehead atoms. The molecule has 3 aromatic carbocycles. The van der Waals surface area contributed by atoms with Crippen molar-refractivity contribution >= 4 is 18.0 Å². The predicted molar refractivity (Wildman–Crippen MR) is 136 cm³/mol. The van der Waals surface area contributed by atoms with E-state index in [9.17, 15) is 19.5 Å². The molecule has 4 rings (SSSR count). The molecule has 7 nitrogen and oxygen atoms in total. The minimum absolute atomic E-state index is 0.00736. The van der Waals surface area contributed by atoms with Crippen LogP contribution in [0.5, 0.6) is 0 Å². The molecule has 0 aliphatic heterocycles. The summed E-state index contributed by atoms with van der Waals surface area (Å²) >= 11 is 0. The Morgan fingerprint density at radius 3 is 2.03 bits per heavy atom. The molecule has 0 heterocycles. The van der Waals surface area contributed by atoms with Crippen LogP contribution in [0.2, 0.25) is 0 Å². The maximum Gasteiger partial charge on any atom is 0.407 e. The number of nitrogens with one attached hydrogen (secondary N) is 1. The summed E-state index contributed by atoms with van der Waals surface area (Å²) in [6.07, 6.45) is -0.620. The Kier molecular flexibility index (Phi) is 7.38. The molecule has 2 N–H and O–H groups in total. The number of fused-ring (bicyclic) bond motifs is 3. The van der Waals surface area contributed by atoms with Crippen molar-refractivity contribution in [3.63, 3.8) is 0 Å². The van der Waals surface area contributed by atoms with Crippen LogP contribution in [0.3, 0.4) is 0 Å². The van der Waals surface area contributed by atoms with E-state index in [1.54, 1.807) is 13.8 Å². The summed E-state index contributed by atoms with van der Waals surface area (Å²) in [5, 5.41) is 12.0. The normalized spacial score (nSPS) is 12.4. The molecule has 3 aromatic rings. The Hall–Kier alpha value is -4.13. The van der Waals surface area contributed by atoms with E-state index in [1.165, 1.54) is 4.90 Å². The van der Waals surface area contributed by atoms with Crippen LogP contribution in [-0.2, 0) is 20.9 Å². The number of carboxylic acid groups (broad SMARTS) is 1. The first-order valence-corrected chi connectivity index (χ1v) is 11.9. The van der Waals surface area contributed by atoms with Gasteiger partial charge in [0.1, 0.15) is 13.2 Å². The number of hydrogen-bond acceptors (Lipinski definition) is 4. The zero-order valence-corrected chi connectivity index (χ0v) is 20.4. The van der Waals surface area contributed by atoms with Crippen molar-refractivity contribution < 1.29 is 24.2 Å². The van der Waals surface area contributed by atoms with Crippen LogP contribution in [0.25, 0.3) is 11.1 Å². The summed E-state index contributed by atoms with van der Waals surface area (Å²) in [5.41, 5.74) is 4.32. The summed E-state index contributed by atoms with van der Waals surface area (Å²) in [5.74, 6) is -1.53. The average molecular weight is 487 g/mol. The van der Waals surface area contributed by atoms with E-state index in [2.05, 4.69) is 17.4 Å². The first kappa shape index (κ1) is 25.0. The molecule has 0 radical (unpaired) electrons. The largest absolute Gasteiger partial charge is 0.480 e. The van der Waals surface area contributed by atoms with Crippen LogP contribution < -0.4 is 5.32 Å². The minimum atomic E-state index is -1.10. The maximum absolute atomic E-state index is 13.2. The number of ether oxygens (including phenoxy) is 1. The topological polar surface area (TPSA) is 95.9 Å². The maximum atomic E-state index is 13.2. The van der Waals surface area contributed by atoms with E-state index in [0.717, 1.165) is 27.8 Å². The average Bonchev–Trinajstić information content (AvgIpc) is 3.19. The van der Waals surface area contributed by atoms with Crippen LogP contribution in [0.15, 0.2) is 78.9 Å². The lowest BCUT2D eigenvalue weighted by Crippen LogP contribution is -2.48. The monoisotopic (exact) mass is 486 g/mol. The highest BCUT2D eigenvalue weighted by molar-refractivity contribution is 5.86. The van der Waals surface area contributed by atoms with Crippen LogP contribution in [-0.4, -0.2) is 47.7 Å². The van der Waals surface area contributed by atoms with Gasteiger partial charge in [0.05, 0.1) is 5.41 Å². The number of hydrogen-bond donors (Lipinski definition) is 2. The van der Waals surface area contributed by atoms with Gasteiger partial charge >= 0.3 is 12.1 Å². The Bertz CT molecular complexity index is 1210. The fourth-order valence-electron chi connectivity index (χ4n) is 4.61. The van der Waals surface area contributed by atoms with Crippen LogP contribution in [0, 0.1) is 5.41 Å². The van der Waals surface area contributed by atoms with E-state index >= 15 is 0 Å². The molecule has 1 aliphatic rings. The smallest absolute Gasteiger partial charge is 0.407 e. The van der Waals surface area contributed by atoms with Gasteiger partial charge in [0.2, 0.25) is 5.91 Å². The number of amides is 2. The van der Waals surface area contributed by atoms with Crippen molar-refractivity contribution in [3.8, 4) is 11.1 Å². The third-order valence-electron chi connectivity index (χ3n) is 6.43. The molecule has 1 aliphatic carbocycles. The molecule has 186 valence electrons. The molecule has 2 amide bonds. The van der Waals surface area contributed by atoms with E-state index in [4.69, 9.17) is 4.74 Å². The number of alkyl carbamates (subject to hydrolysis) is 1. The number of benzene rings is 3. The summed E-state index contributed by atoms with van der Waals surface area (Å²) in [4.78, 5) is 38.5. The van der Waals surface area contributed by atoms with Gasteiger partial charge in [-0.1, -0.05) is 78.9 Å². The van der Waals surface area contributed by atoms with E-state index in [1.807, 2.05) is 66.7 Å². The first-order valence-electron chi connectivity index (χ1n) is 11.9. The molecule has 0 saturated carbocycles. The SMILES string of the molecule is CC(C)(CNC(=O)OCC1c2ccccc2-c2ccccc21)C(=O)N(CC(=O)O)Cc1ccccc1. The number of nitrogens with zero attached hydrogens (tertiary/aromatic N) is 1. The standard InChI is InChI=1S/C29H30N2O5/c1-29(2,27(34)31(17-26(32)33)16-20-10-4-3-5-11-20)19-30-28(35)36-18-25-23-14-8-6-12-21(23)22-13-7-9-15-24(22)25/h3-15,25H,16-19H2,1-2H3,(H,30,35)(H,32,33). The third kappa shape index (κ3) is 5.57. The Balaban J connectivity index is 1.37. The lowest BCUT2D eigenvalue weighted by Gasteiger charge is -2.31. The molecule has 0 atom stereocenters.